The van der Waals surface area contributed by atoms with Gasteiger partial charge in [0.1, 0.15) is 0 Å². The normalized spacial score (nSPS) is 15.9. The third-order valence-corrected chi connectivity index (χ3v) is 5.47. The molecule has 30 heavy (non-hydrogen) atoms. The van der Waals surface area contributed by atoms with Gasteiger partial charge in [0.25, 0.3) is 5.91 Å². The minimum absolute atomic E-state index is 0.112. The van der Waals surface area contributed by atoms with Crippen LogP contribution in [0.5, 0.6) is 0 Å². The Bertz CT molecular complexity index is 828. The summed E-state index contributed by atoms with van der Waals surface area (Å²) in [5.74, 6) is -0.203. The second-order valence-corrected chi connectivity index (χ2v) is 7.73. The van der Waals surface area contributed by atoms with E-state index >= 15 is 0 Å². The highest BCUT2D eigenvalue weighted by Crippen LogP contribution is 2.36. The van der Waals surface area contributed by atoms with Crippen molar-refractivity contribution in [3.05, 3.63) is 59.7 Å². The molecule has 1 heterocycles. The molecule has 1 aliphatic heterocycles. The van der Waals surface area contributed by atoms with Crippen LogP contribution in [0.2, 0.25) is 0 Å². The molecule has 1 amide bonds. The molecule has 1 fully saturated rings. The zero-order chi connectivity index (χ0) is 21.6. The molecule has 1 N–H and O–H groups in total. The van der Waals surface area contributed by atoms with Gasteiger partial charge in [0.2, 0.25) is 0 Å². The Labute approximate surface area is 175 Å². The van der Waals surface area contributed by atoms with Crippen LogP contribution >= 0.6 is 0 Å². The van der Waals surface area contributed by atoms with E-state index in [9.17, 15) is 18.0 Å². The maximum atomic E-state index is 13.2. The van der Waals surface area contributed by atoms with Gasteiger partial charge in [-0.2, -0.15) is 13.2 Å². The second-order valence-electron chi connectivity index (χ2n) is 7.73. The lowest BCUT2D eigenvalue weighted by Crippen LogP contribution is -2.44. The van der Waals surface area contributed by atoms with Crippen molar-refractivity contribution in [2.45, 2.75) is 19.0 Å². The average molecular weight is 419 g/mol. The molecule has 0 unspecified atom stereocenters. The number of nitrogens with one attached hydrogen (secondary N) is 1. The number of nitrogens with zero attached hydrogens (tertiary/aromatic N) is 2. The van der Waals surface area contributed by atoms with Gasteiger partial charge in [-0.1, -0.05) is 30.3 Å². The molecule has 0 atom stereocenters. The molecule has 7 heteroatoms. The second kappa shape index (κ2) is 10.1. The molecular weight excluding hydrogens is 391 g/mol. The molecule has 1 saturated heterocycles. The summed E-state index contributed by atoms with van der Waals surface area (Å²) in [6.07, 6.45) is -2.50. The van der Waals surface area contributed by atoms with Crippen molar-refractivity contribution in [1.29, 1.82) is 0 Å². The summed E-state index contributed by atoms with van der Waals surface area (Å²) in [6, 6.07) is 11.7. The standard InChI is InChI=1S/C23H28F3N3O/c1-28-14-16-29(17-15-28)13-5-4-12-27-22(30)19-10-8-18(9-11-19)20-6-2-3-7-21(20)23(24,25)26/h2-3,6-11H,4-5,12-17H2,1H3,(H,27,30). The van der Waals surface area contributed by atoms with Crippen molar-refractivity contribution in [2.75, 3.05) is 46.3 Å². The summed E-state index contributed by atoms with van der Waals surface area (Å²) in [4.78, 5) is 17.1. The van der Waals surface area contributed by atoms with E-state index in [1.165, 1.54) is 12.1 Å². The third-order valence-electron chi connectivity index (χ3n) is 5.47. The topological polar surface area (TPSA) is 35.6 Å². The van der Waals surface area contributed by atoms with E-state index in [2.05, 4.69) is 22.2 Å². The molecule has 0 aromatic heterocycles. The van der Waals surface area contributed by atoms with Gasteiger partial charge in [-0.15, -0.1) is 0 Å². The van der Waals surface area contributed by atoms with E-state index in [1.807, 2.05) is 0 Å². The molecule has 0 spiro atoms. The minimum atomic E-state index is -4.42. The summed E-state index contributed by atoms with van der Waals surface area (Å²) >= 11 is 0. The molecular formula is C23H28F3N3O. The van der Waals surface area contributed by atoms with Crippen LogP contribution in [0.15, 0.2) is 48.5 Å². The number of hydrogen-bond acceptors (Lipinski definition) is 3. The van der Waals surface area contributed by atoms with E-state index in [-0.39, 0.29) is 11.5 Å². The van der Waals surface area contributed by atoms with Crippen molar-refractivity contribution >= 4 is 5.91 Å². The summed E-state index contributed by atoms with van der Waals surface area (Å²) < 4.78 is 39.6. The van der Waals surface area contributed by atoms with E-state index in [0.717, 1.165) is 51.6 Å². The summed E-state index contributed by atoms with van der Waals surface area (Å²) in [5.41, 5.74) is 0.317. The molecule has 0 radical (unpaired) electrons. The van der Waals surface area contributed by atoms with Gasteiger partial charge in [0.15, 0.2) is 0 Å². The van der Waals surface area contributed by atoms with Crippen LogP contribution in [-0.2, 0) is 6.18 Å². The van der Waals surface area contributed by atoms with E-state index < -0.39 is 11.7 Å². The molecule has 0 bridgehead atoms. The number of halogens is 3. The first kappa shape index (κ1) is 22.3. The Morgan fingerprint density at radius 1 is 0.967 bits per heavy atom. The minimum Gasteiger partial charge on any atom is -0.352 e. The maximum Gasteiger partial charge on any atom is 0.417 e. The Kier molecular flexibility index (Phi) is 7.50. The van der Waals surface area contributed by atoms with Crippen LogP contribution in [0.4, 0.5) is 13.2 Å². The summed E-state index contributed by atoms with van der Waals surface area (Å²) in [7, 11) is 2.13. The van der Waals surface area contributed by atoms with Crippen molar-refractivity contribution in [2.24, 2.45) is 0 Å². The van der Waals surface area contributed by atoms with Crippen molar-refractivity contribution in [3.8, 4) is 11.1 Å². The summed E-state index contributed by atoms with van der Waals surface area (Å²) in [5, 5.41) is 2.89. The predicted octanol–water partition coefficient (Wildman–Crippen LogP) is 4.13. The zero-order valence-corrected chi connectivity index (χ0v) is 17.2. The third kappa shape index (κ3) is 6.06. The van der Waals surface area contributed by atoms with Gasteiger partial charge in [-0.3, -0.25) is 4.79 Å². The molecule has 3 rings (SSSR count). The zero-order valence-electron chi connectivity index (χ0n) is 17.2. The summed E-state index contributed by atoms with van der Waals surface area (Å²) in [6.45, 7) is 6.00. The number of rotatable bonds is 7. The lowest BCUT2D eigenvalue weighted by atomic mass is 9.98. The van der Waals surface area contributed by atoms with Crippen LogP contribution in [0.3, 0.4) is 0 Å². The fourth-order valence-corrected chi connectivity index (χ4v) is 3.62. The average Bonchev–Trinajstić information content (AvgIpc) is 2.74. The van der Waals surface area contributed by atoms with Crippen LogP contribution in [-0.4, -0.2) is 62.0 Å². The Balaban J connectivity index is 1.48. The van der Waals surface area contributed by atoms with Crippen LogP contribution in [0.25, 0.3) is 11.1 Å². The van der Waals surface area contributed by atoms with Crippen molar-refractivity contribution in [1.82, 2.24) is 15.1 Å². The monoisotopic (exact) mass is 419 g/mol. The number of amides is 1. The molecule has 162 valence electrons. The molecule has 1 aliphatic rings. The van der Waals surface area contributed by atoms with Crippen molar-refractivity contribution < 1.29 is 18.0 Å². The highest BCUT2D eigenvalue weighted by atomic mass is 19.4. The number of piperazine rings is 1. The predicted molar refractivity (Wildman–Crippen MR) is 112 cm³/mol. The van der Waals surface area contributed by atoms with Crippen LogP contribution in [0.1, 0.15) is 28.8 Å². The van der Waals surface area contributed by atoms with Gasteiger partial charge in [0.05, 0.1) is 5.56 Å². The molecule has 2 aromatic carbocycles. The Morgan fingerprint density at radius 2 is 1.63 bits per heavy atom. The molecule has 0 aliphatic carbocycles. The van der Waals surface area contributed by atoms with Gasteiger partial charge in [-0.25, -0.2) is 0 Å². The fraction of sp³-hybridized carbons (Fsp3) is 0.435. The number of unbranched alkanes of at least 4 members (excludes halogenated alkanes) is 1. The number of carbonyl (C=O) groups excluding carboxylic acids is 1. The fourth-order valence-electron chi connectivity index (χ4n) is 3.62. The van der Waals surface area contributed by atoms with Gasteiger partial charge < -0.3 is 15.1 Å². The van der Waals surface area contributed by atoms with Gasteiger partial charge in [0, 0.05) is 38.3 Å². The quantitative estimate of drug-likeness (QED) is 0.686. The van der Waals surface area contributed by atoms with Gasteiger partial charge >= 0.3 is 6.18 Å². The first-order chi connectivity index (χ1) is 14.3. The maximum absolute atomic E-state index is 13.2. The SMILES string of the molecule is CN1CCN(CCCCNC(=O)c2ccc(-c3ccccc3C(F)(F)F)cc2)CC1. The highest BCUT2D eigenvalue weighted by molar-refractivity contribution is 5.94. The lowest BCUT2D eigenvalue weighted by Gasteiger charge is -2.32. The highest BCUT2D eigenvalue weighted by Gasteiger charge is 2.33. The first-order valence-electron chi connectivity index (χ1n) is 10.3. The number of carbonyl (C=O) groups is 1. The molecule has 2 aromatic rings. The molecule has 0 saturated carbocycles. The smallest absolute Gasteiger partial charge is 0.352 e. The number of hydrogen-bond donors (Lipinski definition) is 1. The largest absolute Gasteiger partial charge is 0.417 e. The van der Waals surface area contributed by atoms with Crippen LogP contribution < -0.4 is 5.32 Å². The Morgan fingerprint density at radius 3 is 2.30 bits per heavy atom. The Hall–Kier alpha value is -2.38. The van der Waals surface area contributed by atoms with E-state index in [0.29, 0.717) is 17.7 Å². The first-order valence-corrected chi connectivity index (χ1v) is 10.3. The number of alkyl halides is 3. The molecule has 4 nitrogen and oxygen atoms in total. The number of benzene rings is 2. The number of likely N-dealkylation sites (N-methyl/N-ethyl adjacent to an activating group) is 1. The van der Waals surface area contributed by atoms with E-state index in [4.69, 9.17) is 0 Å². The van der Waals surface area contributed by atoms with Gasteiger partial charge in [-0.05, 0) is 55.8 Å². The lowest BCUT2D eigenvalue weighted by molar-refractivity contribution is -0.137. The van der Waals surface area contributed by atoms with Crippen LogP contribution in [0, 0.1) is 0 Å². The van der Waals surface area contributed by atoms with Crippen molar-refractivity contribution in [3.63, 3.8) is 0 Å². The van der Waals surface area contributed by atoms with E-state index in [1.54, 1.807) is 30.3 Å².